The lowest BCUT2D eigenvalue weighted by Gasteiger charge is -2.06. The van der Waals surface area contributed by atoms with Gasteiger partial charge >= 0.3 is 0 Å². The van der Waals surface area contributed by atoms with Crippen LogP contribution in [-0.2, 0) is 16.4 Å². The van der Waals surface area contributed by atoms with Crippen molar-refractivity contribution in [3.8, 4) is 6.07 Å². The number of anilines is 1. The van der Waals surface area contributed by atoms with Gasteiger partial charge in [-0.05, 0) is 30.5 Å². The van der Waals surface area contributed by atoms with E-state index in [1.54, 1.807) is 18.2 Å². The molecule has 5 heteroatoms. The smallest absolute Gasteiger partial charge is 0.246 e. The molecule has 0 aliphatic carbocycles. The van der Waals surface area contributed by atoms with E-state index >= 15 is 0 Å². The Morgan fingerprint density at radius 3 is 2.47 bits per heavy atom. The third-order valence-corrected chi connectivity index (χ3v) is 3.36. The summed E-state index contributed by atoms with van der Waals surface area (Å²) in [6.07, 6.45) is 3.26. The van der Waals surface area contributed by atoms with Crippen molar-refractivity contribution in [3.63, 3.8) is 0 Å². The van der Waals surface area contributed by atoms with Crippen LogP contribution in [0.3, 0.4) is 0 Å². The summed E-state index contributed by atoms with van der Waals surface area (Å²) in [6.45, 7) is 2.13. The van der Waals surface area contributed by atoms with Crippen LogP contribution in [0.25, 0.3) is 0 Å². The van der Waals surface area contributed by atoms with Gasteiger partial charge in [0, 0.05) is 5.69 Å². The first kappa shape index (κ1) is 13.5. The second kappa shape index (κ2) is 6.26. The van der Waals surface area contributed by atoms with E-state index in [9.17, 15) is 8.42 Å². The zero-order valence-electron chi connectivity index (χ0n) is 9.81. The Bertz CT molecular complexity index is 486. The van der Waals surface area contributed by atoms with Crippen LogP contribution in [0.2, 0.25) is 0 Å². The number of nitrogens with zero attached hydrogens (tertiary/aromatic N) is 1. The van der Waals surface area contributed by atoms with Crippen LogP contribution in [-0.4, -0.2) is 14.2 Å². The maximum absolute atomic E-state index is 11.3. The van der Waals surface area contributed by atoms with Crippen LogP contribution in [0, 0.1) is 11.3 Å². The van der Waals surface area contributed by atoms with Gasteiger partial charge in [-0.2, -0.15) is 5.26 Å². The lowest BCUT2D eigenvalue weighted by Crippen LogP contribution is -2.15. The van der Waals surface area contributed by atoms with Gasteiger partial charge in [0.05, 0.1) is 6.07 Å². The van der Waals surface area contributed by atoms with E-state index in [0.29, 0.717) is 5.69 Å². The molecule has 0 bridgehead atoms. The van der Waals surface area contributed by atoms with Crippen LogP contribution in [0.4, 0.5) is 5.69 Å². The first-order valence-corrected chi connectivity index (χ1v) is 7.19. The van der Waals surface area contributed by atoms with Crippen LogP contribution in [0.15, 0.2) is 24.3 Å². The summed E-state index contributed by atoms with van der Waals surface area (Å²) in [5.74, 6) is -0.523. The summed E-state index contributed by atoms with van der Waals surface area (Å²) in [6, 6.07) is 8.87. The third kappa shape index (κ3) is 4.87. The highest BCUT2D eigenvalue weighted by molar-refractivity contribution is 7.92. The molecule has 0 spiro atoms. The van der Waals surface area contributed by atoms with Gasteiger partial charge in [-0.15, -0.1) is 0 Å². The molecular formula is C12H16N2O2S. The fourth-order valence-electron chi connectivity index (χ4n) is 1.42. The van der Waals surface area contributed by atoms with Crippen molar-refractivity contribution in [2.75, 3.05) is 10.5 Å². The summed E-state index contributed by atoms with van der Waals surface area (Å²) in [5, 5.41) is 8.35. The van der Waals surface area contributed by atoms with E-state index in [4.69, 9.17) is 5.26 Å². The largest absolute Gasteiger partial charge is 0.283 e. The quantitative estimate of drug-likeness (QED) is 0.844. The Balaban J connectivity index is 2.66. The zero-order valence-corrected chi connectivity index (χ0v) is 10.6. The van der Waals surface area contributed by atoms with Gasteiger partial charge in [0.2, 0.25) is 10.0 Å². The predicted molar refractivity (Wildman–Crippen MR) is 68.1 cm³/mol. The Morgan fingerprint density at radius 1 is 1.29 bits per heavy atom. The molecule has 1 N–H and O–H groups in total. The molecule has 0 heterocycles. The lowest BCUT2D eigenvalue weighted by atomic mass is 10.1. The molecule has 0 saturated heterocycles. The third-order valence-electron chi connectivity index (χ3n) is 2.30. The number of hydrogen-bond donors (Lipinski definition) is 1. The number of unbranched alkanes of at least 4 members (excludes halogenated alkanes) is 1. The number of benzene rings is 1. The molecule has 1 rings (SSSR count). The molecule has 0 radical (unpaired) electrons. The molecule has 0 saturated carbocycles. The van der Waals surface area contributed by atoms with E-state index in [-0.39, 0.29) is 0 Å². The zero-order chi connectivity index (χ0) is 12.7. The maximum Gasteiger partial charge on any atom is 0.246 e. The van der Waals surface area contributed by atoms with Crippen LogP contribution >= 0.6 is 0 Å². The van der Waals surface area contributed by atoms with Crippen LogP contribution in [0.1, 0.15) is 25.3 Å². The number of aryl methyl sites for hydroxylation is 1. The van der Waals surface area contributed by atoms with Crippen LogP contribution in [0.5, 0.6) is 0 Å². The van der Waals surface area contributed by atoms with Gasteiger partial charge in [0.25, 0.3) is 0 Å². The Hall–Kier alpha value is -1.54. The molecule has 17 heavy (non-hydrogen) atoms. The number of rotatable bonds is 6. The van der Waals surface area contributed by atoms with Crippen molar-refractivity contribution in [1.29, 1.82) is 5.26 Å². The van der Waals surface area contributed by atoms with Gasteiger partial charge < -0.3 is 0 Å². The van der Waals surface area contributed by atoms with Crippen molar-refractivity contribution in [2.24, 2.45) is 0 Å². The predicted octanol–water partition coefficient (Wildman–Crippen LogP) is 2.29. The second-order valence-electron chi connectivity index (χ2n) is 3.82. The number of nitrogens with one attached hydrogen (secondary N) is 1. The first-order chi connectivity index (χ1) is 8.07. The minimum absolute atomic E-state index is 0.500. The summed E-state index contributed by atoms with van der Waals surface area (Å²) in [5.41, 5.74) is 1.69. The van der Waals surface area contributed by atoms with E-state index in [1.807, 2.05) is 12.1 Å². The minimum atomic E-state index is -3.53. The fraction of sp³-hybridized carbons (Fsp3) is 0.417. The molecule has 0 atom stereocenters. The topological polar surface area (TPSA) is 70.0 Å². The van der Waals surface area contributed by atoms with Gasteiger partial charge in [-0.3, -0.25) is 4.72 Å². The van der Waals surface area contributed by atoms with Gasteiger partial charge in [0.1, 0.15) is 0 Å². The lowest BCUT2D eigenvalue weighted by molar-refractivity contribution is 0.604. The molecule has 1 aromatic rings. The minimum Gasteiger partial charge on any atom is -0.283 e. The van der Waals surface area contributed by atoms with Gasteiger partial charge in [0.15, 0.2) is 5.75 Å². The van der Waals surface area contributed by atoms with Crippen molar-refractivity contribution in [1.82, 2.24) is 0 Å². The molecule has 0 unspecified atom stereocenters. The van der Waals surface area contributed by atoms with Gasteiger partial charge in [-0.1, -0.05) is 25.5 Å². The van der Waals surface area contributed by atoms with E-state index < -0.39 is 15.8 Å². The molecular weight excluding hydrogens is 236 g/mol. The average molecular weight is 252 g/mol. The molecule has 4 nitrogen and oxygen atoms in total. The highest BCUT2D eigenvalue weighted by atomic mass is 32.2. The molecule has 1 aromatic carbocycles. The highest BCUT2D eigenvalue weighted by Gasteiger charge is 2.08. The Labute approximate surface area is 102 Å². The Morgan fingerprint density at radius 2 is 1.94 bits per heavy atom. The van der Waals surface area contributed by atoms with Crippen molar-refractivity contribution < 1.29 is 8.42 Å². The molecule has 0 aliphatic heterocycles. The first-order valence-electron chi connectivity index (χ1n) is 5.54. The molecule has 0 fully saturated rings. The number of nitriles is 1. The maximum atomic E-state index is 11.3. The molecule has 0 aliphatic rings. The average Bonchev–Trinajstić information content (AvgIpc) is 2.27. The summed E-state index contributed by atoms with van der Waals surface area (Å²) in [7, 11) is -3.53. The number of hydrogen-bond acceptors (Lipinski definition) is 3. The summed E-state index contributed by atoms with van der Waals surface area (Å²) >= 11 is 0. The van der Waals surface area contributed by atoms with Gasteiger partial charge in [-0.25, -0.2) is 8.42 Å². The normalized spacial score (nSPS) is 10.8. The molecule has 0 amide bonds. The molecule has 92 valence electrons. The molecule has 0 aromatic heterocycles. The van der Waals surface area contributed by atoms with E-state index in [1.165, 1.54) is 5.56 Å². The monoisotopic (exact) mass is 252 g/mol. The van der Waals surface area contributed by atoms with Crippen molar-refractivity contribution in [2.45, 2.75) is 26.2 Å². The second-order valence-corrected chi connectivity index (χ2v) is 5.54. The summed E-state index contributed by atoms with van der Waals surface area (Å²) < 4.78 is 25.0. The summed E-state index contributed by atoms with van der Waals surface area (Å²) in [4.78, 5) is 0. The Kier molecular flexibility index (Phi) is 4.98. The van der Waals surface area contributed by atoms with E-state index in [0.717, 1.165) is 19.3 Å². The van der Waals surface area contributed by atoms with Crippen molar-refractivity contribution in [3.05, 3.63) is 29.8 Å². The van der Waals surface area contributed by atoms with E-state index in [2.05, 4.69) is 11.6 Å². The fourth-order valence-corrected chi connectivity index (χ4v) is 2.16. The van der Waals surface area contributed by atoms with Crippen molar-refractivity contribution >= 4 is 15.7 Å². The standard InChI is InChI=1S/C12H16N2O2S/c1-2-3-4-11-5-7-12(8-6-11)14-17(15,16)10-9-13/h5-8,14H,2-4,10H2,1H3. The van der Waals surface area contributed by atoms with Crippen LogP contribution < -0.4 is 4.72 Å². The SMILES string of the molecule is CCCCc1ccc(NS(=O)(=O)CC#N)cc1. The number of sulfonamides is 1. The highest BCUT2D eigenvalue weighted by Crippen LogP contribution is 2.13.